The van der Waals surface area contributed by atoms with Crippen LogP contribution in [0.4, 0.5) is 8.78 Å². The fraction of sp³-hybridized carbons (Fsp3) is 0.588. The van der Waals surface area contributed by atoms with Gasteiger partial charge in [0.1, 0.15) is 11.6 Å². The van der Waals surface area contributed by atoms with Crippen molar-refractivity contribution >= 4 is 5.91 Å². The molecular weight excluding hydrogens is 300 g/mol. The van der Waals surface area contributed by atoms with Gasteiger partial charge in [-0.25, -0.2) is 8.78 Å². The Morgan fingerprint density at radius 1 is 1.17 bits per heavy atom. The molecule has 1 aromatic rings. The molecule has 1 aromatic carbocycles. The summed E-state index contributed by atoms with van der Waals surface area (Å²) in [6.07, 6.45) is 0.575. The van der Waals surface area contributed by atoms with Crippen molar-refractivity contribution in [1.29, 1.82) is 0 Å². The van der Waals surface area contributed by atoms with E-state index in [2.05, 4.69) is 9.80 Å². The molecule has 0 spiro atoms. The third kappa shape index (κ3) is 5.55. The first-order chi connectivity index (χ1) is 11.0. The van der Waals surface area contributed by atoms with Gasteiger partial charge in [0.2, 0.25) is 5.91 Å². The average molecular weight is 325 g/mol. The van der Waals surface area contributed by atoms with Gasteiger partial charge in [-0.15, -0.1) is 0 Å². The lowest BCUT2D eigenvalue weighted by Crippen LogP contribution is -2.50. The molecule has 1 amide bonds. The minimum Gasteiger partial charge on any atom is -0.340 e. The van der Waals surface area contributed by atoms with Crippen molar-refractivity contribution in [2.75, 3.05) is 53.4 Å². The molecule has 1 heterocycles. The molecule has 1 aliphatic rings. The van der Waals surface area contributed by atoms with E-state index in [9.17, 15) is 13.6 Å². The summed E-state index contributed by atoms with van der Waals surface area (Å²) in [7, 11) is 4.10. The van der Waals surface area contributed by atoms with Crippen LogP contribution in [0.2, 0.25) is 0 Å². The Bertz CT molecular complexity index is 529. The molecule has 0 radical (unpaired) electrons. The highest BCUT2D eigenvalue weighted by Gasteiger charge is 2.21. The maximum Gasteiger partial charge on any atom is 0.222 e. The Morgan fingerprint density at radius 2 is 1.87 bits per heavy atom. The Hall–Kier alpha value is -1.53. The summed E-state index contributed by atoms with van der Waals surface area (Å²) in [5.41, 5.74) is 0.393. The van der Waals surface area contributed by atoms with Gasteiger partial charge >= 0.3 is 0 Å². The van der Waals surface area contributed by atoms with Gasteiger partial charge in [0.05, 0.1) is 0 Å². The number of rotatable bonds is 6. The molecule has 23 heavy (non-hydrogen) atoms. The molecule has 128 valence electrons. The van der Waals surface area contributed by atoms with Crippen molar-refractivity contribution in [3.05, 3.63) is 35.4 Å². The summed E-state index contributed by atoms with van der Waals surface area (Å²) in [6.45, 7) is 5.22. The topological polar surface area (TPSA) is 26.8 Å². The number of halogens is 2. The highest BCUT2D eigenvalue weighted by molar-refractivity contribution is 5.76. The number of hydrogen-bond donors (Lipinski definition) is 0. The van der Waals surface area contributed by atoms with Crippen molar-refractivity contribution in [3.8, 4) is 0 Å². The highest BCUT2D eigenvalue weighted by Crippen LogP contribution is 2.13. The summed E-state index contributed by atoms with van der Waals surface area (Å²) < 4.78 is 26.4. The minimum atomic E-state index is -0.591. The number of aryl methyl sites for hydroxylation is 1. The molecule has 0 aliphatic carbocycles. The van der Waals surface area contributed by atoms with Crippen LogP contribution in [0.25, 0.3) is 0 Å². The Balaban J connectivity index is 1.74. The van der Waals surface area contributed by atoms with E-state index in [-0.39, 0.29) is 12.3 Å². The maximum absolute atomic E-state index is 13.6. The lowest BCUT2D eigenvalue weighted by molar-refractivity contribution is -0.132. The van der Waals surface area contributed by atoms with E-state index in [1.807, 2.05) is 19.0 Å². The van der Waals surface area contributed by atoms with Gasteiger partial charge in [0.15, 0.2) is 0 Å². The van der Waals surface area contributed by atoms with Crippen LogP contribution < -0.4 is 0 Å². The molecule has 0 unspecified atom stereocenters. The summed E-state index contributed by atoms with van der Waals surface area (Å²) in [4.78, 5) is 18.6. The Labute approximate surface area is 136 Å². The lowest BCUT2D eigenvalue weighted by Gasteiger charge is -2.35. The number of amides is 1. The number of hydrogen-bond acceptors (Lipinski definition) is 3. The monoisotopic (exact) mass is 325 g/mol. The van der Waals surface area contributed by atoms with Crippen molar-refractivity contribution in [1.82, 2.24) is 14.7 Å². The second kappa shape index (κ2) is 8.36. The van der Waals surface area contributed by atoms with E-state index in [0.29, 0.717) is 12.0 Å². The SMILES string of the molecule is CN(C)CCN1CCN(C(=O)CCc2ccc(F)cc2F)CC1. The fourth-order valence-electron chi connectivity index (χ4n) is 2.69. The molecule has 1 fully saturated rings. The molecule has 0 bridgehead atoms. The molecule has 4 nitrogen and oxygen atoms in total. The average Bonchev–Trinajstić information content (AvgIpc) is 2.52. The van der Waals surface area contributed by atoms with Crippen LogP contribution in [-0.4, -0.2) is 74.0 Å². The van der Waals surface area contributed by atoms with Gasteiger partial charge in [0, 0.05) is 51.8 Å². The number of nitrogens with zero attached hydrogens (tertiary/aromatic N) is 3. The molecule has 2 rings (SSSR count). The van der Waals surface area contributed by atoms with E-state index in [0.717, 1.165) is 45.3 Å². The first kappa shape index (κ1) is 17.8. The van der Waals surface area contributed by atoms with Gasteiger partial charge in [-0.3, -0.25) is 9.69 Å². The number of carbonyl (C=O) groups excluding carboxylic acids is 1. The molecular formula is C17H25F2N3O. The second-order valence-corrected chi connectivity index (χ2v) is 6.26. The van der Waals surface area contributed by atoms with Gasteiger partial charge in [-0.2, -0.15) is 0 Å². The Kier molecular flexibility index (Phi) is 6.47. The van der Waals surface area contributed by atoms with Crippen molar-refractivity contribution in [2.24, 2.45) is 0 Å². The van der Waals surface area contributed by atoms with Crippen molar-refractivity contribution < 1.29 is 13.6 Å². The largest absolute Gasteiger partial charge is 0.340 e. The molecule has 0 aromatic heterocycles. The van der Waals surface area contributed by atoms with E-state index in [1.54, 1.807) is 0 Å². The number of benzene rings is 1. The van der Waals surface area contributed by atoms with Gasteiger partial charge in [0.25, 0.3) is 0 Å². The molecule has 1 saturated heterocycles. The first-order valence-electron chi connectivity index (χ1n) is 8.04. The van der Waals surface area contributed by atoms with Gasteiger partial charge in [-0.1, -0.05) is 6.07 Å². The summed E-state index contributed by atoms with van der Waals surface area (Å²) in [6, 6.07) is 3.51. The molecule has 6 heteroatoms. The van der Waals surface area contributed by atoms with Gasteiger partial charge < -0.3 is 9.80 Å². The third-order valence-electron chi connectivity index (χ3n) is 4.21. The van der Waals surface area contributed by atoms with Crippen LogP contribution in [-0.2, 0) is 11.2 Å². The van der Waals surface area contributed by atoms with E-state index >= 15 is 0 Å². The number of carbonyl (C=O) groups is 1. The second-order valence-electron chi connectivity index (χ2n) is 6.26. The maximum atomic E-state index is 13.6. The predicted octanol–water partition coefficient (Wildman–Crippen LogP) is 1.60. The zero-order valence-corrected chi connectivity index (χ0v) is 13.9. The summed E-state index contributed by atoms with van der Waals surface area (Å²) in [5.74, 6) is -1.13. The van der Waals surface area contributed by atoms with Crippen LogP contribution in [0.5, 0.6) is 0 Å². The third-order valence-corrected chi connectivity index (χ3v) is 4.21. The van der Waals surface area contributed by atoms with Crippen LogP contribution in [0.1, 0.15) is 12.0 Å². The van der Waals surface area contributed by atoms with Crippen LogP contribution in [0.3, 0.4) is 0 Å². The van der Waals surface area contributed by atoms with Crippen molar-refractivity contribution in [2.45, 2.75) is 12.8 Å². The van der Waals surface area contributed by atoms with Crippen LogP contribution in [0.15, 0.2) is 18.2 Å². The first-order valence-corrected chi connectivity index (χ1v) is 8.04. The zero-order valence-electron chi connectivity index (χ0n) is 13.9. The number of likely N-dealkylation sites (N-methyl/N-ethyl adjacent to an activating group) is 1. The predicted molar refractivity (Wildman–Crippen MR) is 86.3 cm³/mol. The van der Waals surface area contributed by atoms with E-state index in [1.165, 1.54) is 12.1 Å². The molecule has 0 atom stereocenters. The van der Waals surface area contributed by atoms with Crippen molar-refractivity contribution in [3.63, 3.8) is 0 Å². The summed E-state index contributed by atoms with van der Waals surface area (Å²) in [5, 5.41) is 0. The van der Waals surface area contributed by atoms with E-state index in [4.69, 9.17) is 0 Å². The zero-order chi connectivity index (χ0) is 16.8. The normalized spacial score (nSPS) is 16.1. The fourth-order valence-corrected chi connectivity index (χ4v) is 2.69. The highest BCUT2D eigenvalue weighted by atomic mass is 19.1. The Morgan fingerprint density at radius 3 is 2.48 bits per heavy atom. The van der Waals surface area contributed by atoms with Gasteiger partial charge in [-0.05, 0) is 32.1 Å². The standard InChI is InChI=1S/C17H25F2N3O/c1-20(2)7-8-21-9-11-22(12-10-21)17(23)6-4-14-3-5-15(18)13-16(14)19/h3,5,13H,4,6-12H2,1-2H3. The molecule has 1 aliphatic heterocycles. The van der Waals surface area contributed by atoms with E-state index < -0.39 is 11.6 Å². The lowest BCUT2D eigenvalue weighted by atomic mass is 10.1. The molecule has 0 N–H and O–H groups in total. The molecule has 0 saturated carbocycles. The quantitative estimate of drug-likeness (QED) is 0.795. The van der Waals surface area contributed by atoms with Crippen LogP contribution in [0, 0.1) is 11.6 Å². The smallest absolute Gasteiger partial charge is 0.222 e. The van der Waals surface area contributed by atoms with Crippen LogP contribution >= 0.6 is 0 Å². The number of piperazine rings is 1. The minimum absolute atomic E-state index is 0.0426. The summed E-state index contributed by atoms with van der Waals surface area (Å²) >= 11 is 0.